The number of carbonyl (C=O) groups is 2. The van der Waals surface area contributed by atoms with Gasteiger partial charge in [0.05, 0.1) is 12.7 Å². The van der Waals surface area contributed by atoms with Crippen LogP contribution in [0.3, 0.4) is 0 Å². The number of hydrogen-bond acceptors (Lipinski definition) is 7. The number of fused-ring (bicyclic) bond motifs is 2. The van der Waals surface area contributed by atoms with Crippen LogP contribution in [0.2, 0.25) is 0 Å². The van der Waals surface area contributed by atoms with Crippen molar-refractivity contribution in [2.24, 2.45) is 0 Å². The van der Waals surface area contributed by atoms with E-state index in [0.29, 0.717) is 16.2 Å². The molecule has 1 saturated heterocycles. The Bertz CT molecular complexity index is 883. The first-order chi connectivity index (χ1) is 11.9. The SMILES string of the molecule is CC(C)(C)OC(=O)n1cc(C2=CCN3CC2N(OS(=O)(=O)O)C3=O)cn1. The summed E-state index contributed by atoms with van der Waals surface area (Å²) in [6.45, 7) is 5.58. The maximum absolute atomic E-state index is 12.1. The normalized spacial score (nSPS) is 20.4. The number of hydroxylamine groups is 2. The lowest BCUT2D eigenvalue weighted by Gasteiger charge is -2.22. The third-order valence-corrected chi connectivity index (χ3v) is 4.05. The highest BCUT2D eigenvalue weighted by Gasteiger charge is 2.45. The number of rotatable bonds is 3. The Kier molecular flexibility index (Phi) is 4.29. The minimum atomic E-state index is -4.86. The summed E-state index contributed by atoms with van der Waals surface area (Å²) >= 11 is 0. The predicted octanol–water partition coefficient (Wildman–Crippen LogP) is 0.904. The van der Waals surface area contributed by atoms with Gasteiger partial charge in [-0.3, -0.25) is 4.55 Å². The van der Waals surface area contributed by atoms with Crippen molar-refractivity contribution in [2.75, 3.05) is 13.1 Å². The smallest absolute Gasteiger partial charge is 0.435 e. The van der Waals surface area contributed by atoms with Crippen molar-refractivity contribution < 1.29 is 31.6 Å². The summed E-state index contributed by atoms with van der Waals surface area (Å²) in [5.41, 5.74) is 0.357. The van der Waals surface area contributed by atoms with E-state index in [1.807, 2.05) is 0 Å². The molecule has 1 unspecified atom stereocenters. The van der Waals surface area contributed by atoms with E-state index in [1.165, 1.54) is 17.3 Å². The van der Waals surface area contributed by atoms with Crippen LogP contribution < -0.4 is 0 Å². The van der Waals surface area contributed by atoms with E-state index < -0.39 is 34.2 Å². The number of urea groups is 1. The summed E-state index contributed by atoms with van der Waals surface area (Å²) in [7, 11) is -4.86. The molecular weight excluding hydrogens is 368 g/mol. The molecular formula is C14H18N4O7S. The lowest BCUT2D eigenvalue weighted by molar-refractivity contribution is -0.0160. The van der Waals surface area contributed by atoms with Gasteiger partial charge in [-0.1, -0.05) is 6.08 Å². The highest BCUT2D eigenvalue weighted by atomic mass is 32.3. The van der Waals surface area contributed by atoms with Gasteiger partial charge in [-0.2, -0.15) is 23.3 Å². The minimum Gasteiger partial charge on any atom is -0.442 e. The topological polar surface area (TPSA) is 131 Å². The Morgan fingerprint density at radius 1 is 1.38 bits per heavy atom. The maximum atomic E-state index is 12.1. The first-order valence-corrected chi connectivity index (χ1v) is 9.05. The van der Waals surface area contributed by atoms with Crippen LogP contribution in [-0.2, 0) is 19.4 Å². The highest BCUT2D eigenvalue weighted by Crippen LogP contribution is 2.33. The van der Waals surface area contributed by atoms with E-state index in [-0.39, 0.29) is 13.1 Å². The highest BCUT2D eigenvalue weighted by molar-refractivity contribution is 7.80. The van der Waals surface area contributed by atoms with Crippen LogP contribution in [0.1, 0.15) is 26.3 Å². The molecule has 2 aliphatic rings. The summed E-state index contributed by atoms with van der Waals surface area (Å²) in [5.74, 6) is 0. The molecule has 1 atom stereocenters. The third-order valence-electron chi connectivity index (χ3n) is 3.70. The van der Waals surface area contributed by atoms with Gasteiger partial charge in [-0.05, 0) is 26.3 Å². The lowest BCUT2D eigenvalue weighted by Crippen LogP contribution is -2.36. The van der Waals surface area contributed by atoms with E-state index in [4.69, 9.17) is 9.29 Å². The molecule has 1 fully saturated rings. The summed E-state index contributed by atoms with van der Waals surface area (Å²) < 4.78 is 41.6. The van der Waals surface area contributed by atoms with E-state index in [2.05, 4.69) is 9.38 Å². The van der Waals surface area contributed by atoms with Crippen LogP contribution in [0, 0.1) is 0 Å². The van der Waals surface area contributed by atoms with Gasteiger partial charge in [0.1, 0.15) is 11.6 Å². The van der Waals surface area contributed by atoms with Crippen LogP contribution >= 0.6 is 0 Å². The monoisotopic (exact) mass is 386 g/mol. The Hall–Kier alpha value is -2.44. The molecule has 2 amide bonds. The maximum Gasteiger partial charge on any atom is 0.435 e. The molecule has 1 N–H and O–H groups in total. The first-order valence-electron chi connectivity index (χ1n) is 7.68. The van der Waals surface area contributed by atoms with Crippen LogP contribution in [0.25, 0.3) is 5.57 Å². The van der Waals surface area contributed by atoms with Gasteiger partial charge in [-0.25, -0.2) is 9.59 Å². The van der Waals surface area contributed by atoms with Crippen molar-refractivity contribution in [1.29, 1.82) is 0 Å². The van der Waals surface area contributed by atoms with Gasteiger partial charge in [0, 0.05) is 18.3 Å². The lowest BCUT2D eigenvalue weighted by atomic mass is 9.99. The van der Waals surface area contributed by atoms with Gasteiger partial charge < -0.3 is 9.64 Å². The zero-order valence-corrected chi connectivity index (χ0v) is 15.1. The molecule has 142 valence electrons. The fraction of sp³-hybridized carbons (Fsp3) is 0.500. The summed E-state index contributed by atoms with van der Waals surface area (Å²) in [6, 6.07) is -1.45. The van der Waals surface area contributed by atoms with E-state index in [1.54, 1.807) is 26.8 Å². The molecule has 0 saturated carbocycles. The molecule has 3 heterocycles. The van der Waals surface area contributed by atoms with E-state index >= 15 is 0 Å². The van der Waals surface area contributed by atoms with Crippen LogP contribution in [0.5, 0.6) is 0 Å². The van der Waals surface area contributed by atoms with Gasteiger partial charge in [0.15, 0.2) is 0 Å². The molecule has 1 aromatic rings. The number of aromatic nitrogens is 2. The zero-order chi connectivity index (χ0) is 19.3. The number of amides is 2. The van der Waals surface area contributed by atoms with Crippen molar-refractivity contribution in [3.8, 4) is 0 Å². The Balaban J connectivity index is 1.85. The van der Waals surface area contributed by atoms with Crippen LogP contribution in [-0.4, -0.2) is 69.6 Å². The molecule has 11 nitrogen and oxygen atoms in total. The largest absolute Gasteiger partial charge is 0.442 e. The van der Waals surface area contributed by atoms with E-state index in [9.17, 15) is 18.0 Å². The quantitative estimate of drug-likeness (QED) is 0.758. The van der Waals surface area contributed by atoms with Crippen LogP contribution in [0.4, 0.5) is 9.59 Å². The van der Waals surface area contributed by atoms with Gasteiger partial charge in [0.2, 0.25) is 0 Å². The number of carbonyl (C=O) groups excluding carboxylic acids is 2. The molecule has 2 aliphatic heterocycles. The summed E-state index contributed by atoms with van der Waals surface area (Å²) in [5, 5.41) is 4.55. The molecule has 12 heteroatoms. The second-order valence-corrected chi connectivity index (χ2v) is 7.85. The summed E-state index contributed by atoms with van der Waals surface area (Å²) in [6.07, 6.45) is 3.86. The average Bonchev–Trinajstić information content (AvgIpc) is 3.06. The first kappa shape index (κ1) is 18.4. The molecule has 0 spiro atoms. The standard InChI is InChI=1S/C14H18N4O7S/c1-14(2,3)24-13(20)17-7-9(6-15-17)10-4-5-16-8-11(10)18(12(16)19)25-26(21,22)23/h4,6-7,11H,5,8H2,1-3H3,(H,21,22,23). The molecule has 26 heavy (non-hydrogen) atoms. The predicted molar refractivity (Wildman–Crippen MR) is 87.1 cm³/mol. The van der Waals surface area contributed by atoms with Gasteiger partial charge in [-0.15, -0.1) is 4.28 Å². The molecule has 0 aromatic carbocycles. The molecule has 1 aromatic heterocycles. The van der Waals surface area contributed by atoms with Crippen LogP contribution in [0.15, 0.2) is 18.5 Å². The van der Waals surface area contributed by atoms with Crippen molar-refractivity contribution >= 4 is 28.1 Å². The van der Waals surface area contributed by atoms with E-state index in [0.717, 1.165) is 4.68 Å². The molecule has 0 radical (unpaired) electrons. The fourth-order valence-electron chi connectivity index (χ4n) is 2.73. The van der Waals surface area contributed by atoms with Crippen molar-refractivity contribution in [3.63, 3.8) is 0 Å². The molecule has 3 rings (SSSR count). The molecule has 0 aliphatic carbocycles. The Morgan fingerprint density at radius 2 is 2.08 bits per heavy atom. The van der Waals surface area contributed by atoms with Crippen molar-refractivity contribution in [1.82, 2.24) is 19.7 Å². The van der Waals surface area contributed by atoms with Crippen molar-refractivity contribution in [2.45, 2.75) is 32.4 Å². The number of ether oxygens (including phenoxy) is 1. The minimum absolute atomic E-state index is 0.178. The zero-order valence-electron chi connectivity index (χ0n) is 14.3. The van der Waals surface area contributed by atoms with Crippen molar-refractivity contribution in [3.05, 3.63) is 24.0 Å². The molecule has 2 bridgehead atoms. The number of hydrogen-bond donors (Lipinski definition) is 1. The Morgan fingerprint density at radius 3 is 2.69 bits per heavy atom. The van der Waals surface area contributed by atoms with Gasteiger partial charge in [0.25, 0.3) is 0 Å². The summed E-state index contributed by atoms with van der Waals surface area (Å²) in [4.78, 5) is 25.6. The Labute approximate surface area is 149 Å². The average molecular weight is 386 g/mol. The second kappa shape index (κ2) is 6.07. The fourth-order valence-corrected chi connectivity index (χ4v) is 3.10. The second-order valence-electron chi connectivity index (χ2n) is 6.84. The van der Waals surface area contributed by atoms with Gasteiger partial charge >= 0.3 is 22.5 Å². The number of nitrogens with zero attached hydrogens (tertiary/aromatic N) is 4. The third kappa shape index (κ3) is 3.71.